The predicted molar refractivity (Wildman–Crippen MR) is 143 cm³/mol. The second kappa shape index (κ2) is 8.34. The second-order valence-corrected chi connectivity index (χ2v) is 9.32. The lowest BCUT2D eigenvalue weighted by molar-refractivity contribution is 0.517. The zero-order valence-corrected chi connectivity index (χ0v) is 20.0. The van der Waals surface area contributed by atoms with Crippen LogP contribution in [0.1, 0.15) is 35.6 Å². The van der Waals surface area contributed by atoms with Crippen LogP contribution in [0.15, 0.2) is 77.8 Å². The number of rotatable bonds is 3. The fraction of sp³-hybridized carbons (Fsp3) is 0.167. The first-order valence-corrected chi connectivity index (χ1v) is 12.1. The zero-order valence-electron chi connectivity index (χ0n) is 19.3. The van der Waals surface area contributed by atoms with Crippen molar-refractivity contribution in [1.29, 1.82) is 0 Å². The van der Waals surface area contributed by atoms with E-state index >= 15 is 0 Å². The lowest BCUT2D eigenvalue weighted by atomic mass is 9.84. The molecule has 0 saturated heterocycles. The number of nitrogens with zero attached hydrogens (tertiary/aromatic N) is 1. The SMILES string of the molecule is CC1=C(c2ccccc2)Oc2c(C3=NCCCN3)c(-c3ccccc3)c(C)c3cc(Cl)cc1c23. The second-order valence-electron chi connectivity index (χ2n) is 8.88. The Morgan fingerprint density at radius 2 is 1.59 bits per heavy atom. The van der Waals surface area contributed by atoms with E-state index in [0.29, 0.717) is 0 Å². The number of ether oxygens (including phenoxy) is 1. The Bertz CT molecular complexity index is 1490. The summed E-state index contributed by atoms with van der Waals surface area (Å²) in [5, 5.41) is 6.50. The van der Waals surface area contributed by atoms with Gasteiger partial charge in [-0.15, -0.1) is 0 Å². The van der Waals surface area contributed by atoms with Crippen molar-refractivity contribution >= 4 is 39.5 Å². The maximum Gasteiger partial charge on any atom is 0.147 e. The minimum Gasteiger partial charge on any atom is -0.455 e. The molecule has 4 heteroatoms. The molecule has 0 bridgehead atoms. The van der Waals surface area contributed by atoms with Crippen LogP contribution in [-0.2, 0) is 0 Å². The summed E-state index contributed by atoms with van der Waals surface area (Å²) in [5.74, 6) is 2.61. The molecule has 0 saturated carbocycles. The first-order chi connectivity index (χ1) is 16.6. The highest BCUT2D eigenvalue weighted by Gasteiger charge is 2.30. The molecule has 0 aliphatic carbocycles. The van der Waals surface area contributed by atoms with Gasteiger partial charge in [0.05, 0.1) is 5.56 Å². The Labute approximate surface area is 204 Å². The van der Waals surface area contributed by atoms with Crippen LogP contribution >= 0.6 is 11.6 Å². The molecule has 0 spiro atoms. The molecule has 34 heavy (non-hydrogen) atoms. The van der Waals surface area contributed by atoms with Crippen molar-refractivity contribution in [3.8, 4) is 16.9 Å². The molecule has 168 valence electrons. The van der Waals surface area contributed by atoms with Gasteiger partial charge in [-0.2, -0.15) is 0 Å². The van der Waals surface area contributed by atoms with Gasteiger partial charge < -0.3 is 10.1 Å². The molecule has 2 heterocycles. The summed E-state index contributed by atoms with van der Waals surface area (Å²) in [6.07, 6.45) is 1.03. The van der Waals surface area contributed by atoms with E-state index in [9.17, 15) is 0 Å². The number of amidine groups is 1. The van der Waals surface area contributed by atoms with Crippen molar-refractivity contribution in [1.82, 2.24) is 5.32 Å². The van der Waals surface area contributed by atoms with Crippen LogP contribution in [0.25, 0.3) is 33.2 Å². The van der Waals surface area contributed by atoms with E-state index in [4.69, 9.17) is 21.3 Å². The quantitative estimate of drug-likeness (QED) is 0.340. The van der Waals surface area contributed by atoms with E-state index in [1.165, 1.54) is 5.56 Å². The normalized spacial score (nSPS) is 15.1. The number of allylic oxidation sites excluding steroid dienone is 1. The first-order valence-electron chi connectivity index (χ1n) is 11.7. The van der Waals surface area contributed by atoms with Crippen molar-refractivity contribution in [3.05, 3.63) is 100 Å². The van der Waals surface area contributed by atoms with Gasteiger partial charge in [0.15, 0.2) is 0 Å². The number of hydrogen-bond acceptors (Lipinski definition) is 3. The van der Waals surface area contributed by atoms with Crippen molar-refractivity contribution in [2.24, 2.45) is 4.99 Å². The number of aliphatic imine (C=N–C) groups is 1. The van der Waals surface area contributed by atoms with E-state index in [-0.39, 0.29) is 0 Å². The molecule has 2 aliphatic heterocycles. The zero-order chi connectivity index (χ0) is 23.2. The lowest BCUT2D eigenvalue weighted by Gasteiger charge is -2.30. The van der Waals surface area contributed by atoms with Gasteiger partial charge in [0.1, 0.15) is 17.3 Å². The van der Waals surface area contributed by atoms with E-state index in [1.807, 2.05) is 24.3 Å². The number of nitrogens with one attached hydrogen (secondary N) is 1. The molecular weight excluding hydrogens is 440 g/mol. The van der Waals surface area contributed by atoms with Gasteiger partial charge in [-0.3, -0.25) is 4.99 Å². The highest BCUT2D eigenvalue weighted by atomic mass is 35.5. The van der Waals surface area contributed by atoms with Gasteiger partial charge in [0.25, 0.3) is 0 Å². The molecule has 0 fully saturated rings. The average molecular weight is 465 g/mol. The monoisotopic (exact) mass is 464 g/mol. The lowest BCUT2D eigenvalue weighted by Crippen LogP contribution is -2.31. The minimum absolute atomic E-state index is 0.727. The fourth-order valence-corrected chi connectivity index (χ4v) is 5.38. The van der Waals surface area contributed by atoms with Crippen LogP contribution in [0.2, 0.25) is 5.02 Å². The molecule has 4 aromatic rings. The summed E-state index contributed by atoms with van der Waals surface area (Å²) < 4.78 is 6.86. The summed E-state index contributed by atoms with van der Waals surface area (Å²) in [4.78, 5) is 4.91. The number of halogens is 1. The summed E-state index contributed by atoms with van der Waals surface area (Å²) in [6.45, 7) is 6.01. The van der Waals surface area contributed by atoms with Crippen LogP contribution in [0.5, 0.6) is 5.75 Å². The molecule has 4 aromatic carbocycles. The van der Waals surface area contributed by atoms with E-state index in [2.05, 4.69) is 67.7 Å². The fourth-order valence-electron chi connectivity index (χ4n) is 5.16. The van der Waals surface area contributed by atoms with Gasteiger partial charge in [0, 0.05) is 34.6 Å². The predicted octanol–water partition coefficient (Wildman–Crippen LogP) is 7.49. The van der Waals surface area contributed by atoms with Gasteiger partial charge in [0.2, 0.25) is 0 Å². The number of benzene rings is 4. The van der Waals surface area contributed by atoms with Crippen molar-refractivity contribution in [3.63, 3.8) is 0 Å². The highest BCUT2D eigenvalue weighted by molar-refractivity contribution is 6.32. The molecule has 0 radical (unpaired) electrons. The number of hydrogen-bond donors (Lipinski definition) is 1. The van der Waals surface area contributed by atoms with Crippen molar-refractivity contribution in [2.75, 3.05) is 13.1 Å². The Kier molecular flexibility index (Phi) is 5.15. The van der Waals surface area contributed by atoms with Crippen LogP contribution in [0, 0.1) is 6.92 Å². The van der Waals surface area contributed by atoms with Crippen molar-refractivity contribution < 1.29 is 4.74 Å². The first kappa shape index (κ1) is 21.0. The molecule has 0 unspecified atom stereocenters. The maximum absolute atomic E-state index is 6.86. The van der Waals surface area contributed by atoms with Crippen LogP contribution in [-0.4, -0.2) is 18.9 Å². The summed E-state index contributed by atoms with van der Waals surface area (Å²) >= 11 is 6.70. The molecule has 0 atom stereocenters. The van der Waals surface area contributed by atoms with E-state index < -0.39 is 0 Å². The third kappa shape index (κ3) is 3.31. The van der Waals surface area contributed by atoms with Crippen molar-refractivity contribution in [2.45, 2.75) is 20.3 Å². The molecule has 2 aliphatic rings. The molecule has 6 rings (SSSR count). The Morgan fingerprint density at radius 3 is 2.26 bits per heavy atom. The molecule has 3 nitrogen and oxygen atoms in total. The molecule has 1 N–H and O–H groups in total. The summed E-state index contributed by atoms with van der Waals surface area (Å²) in [5.41, 5.74) is 7.73. The number of aryl methyl sites for hydroxylation is 1. The van der Waals surface area contributed by atoms with Crippen LogP contribution in [0.3, 0.4) is 0 Å². The molecule has 0 amide bonds. The van der Waals surface area contributed by atoms with Crippen LogP contribution in [0.4, 0.5) is 0 Å². The van der Waals surface area contributed by atoms with Gasteiger partial charge >= 0.3 is 0 Å². The maximum atomic E-state index is 6.86. The smallest absolute Gasteiger partial charge is 0.147 e. The molecular formula is C30H25ClN2O. The largest absolute Gasteiger partial charge is 0.455 e. The Balaban J connectivity index is 1.76. The van der Waals surface area contributed by atoms with Gasteiger partial charge in [-0.25, -0.2) is 0 Å². The van der Waals surface area contributed by atoms with Gasteiger partial charge in [-0.05, 0) is 60.0 Å². The highest BCUT2D eigenvalue weighted by Crippen LogP contribution is 2.50. The topological polar surface area (TPSA) is 33.6 Å². The van der Waals surface area contributed by atoms with Crippen LogP contribution < -0.4 is 10.1 Å². The summed E-state index contributed by atoms with van der Waals surface area (Å²) in [6, 6.07) is 24.9. The molecule has 0 aromatic heterocycles. The van der Waals surface area contributed by atoms with E-state index in [0.717, 1.165) is 86.0 Å². The van der Waals surface area contributed by atoms with E-state index in [1.54, 1.807) is 0 Å². The average Bonchev–Trinajstić information content (AvgIpc) is 2.88. The third-order valence-corrected chi connectivity index (χ3v) is 6.99. The third-order valence-electron chi connectivity index (χ3n) is 6.77. The summed E-state index contributed by atoms with van der Waals surface area (Å²) in [7, 11) is 0. The standard InChI is InChI=1S/C30H25ClN2O/c1-18-23-16-22(31)17-24-19(2)28(21-12-7-4-8-13-21)34-29(26(23)24)27(30-32-14-9-15-33-30)25(18)20-10-5-3-6-11-20/h3-8,10-13,16-17H,9,14-15H2,1-2H3,(H,32,33). The minimum atomic E-state index is 0.727. The Morgan fingerprint density at radius 1 is 0.882 bits per heavy atom. The Hall–Kier alpha value is -3.56. The van der Waals surface area contributed by atoms with Gasteiger partial charge in [-0.1, -0.05) is 72.3 Å².